The van der Waals surface area contributed by atoms with E-state index in [9.17, 15) is 0 Å². The van der Waals surface area contributed by atoms with Crippen LogP contribution in [0.25, 0.3) is 34.2 Å². The molecule has 0 bridgehead atoms. The van der Waals surface area contributed by atoms with Gasteiger partial charge in [-0.3, -0.25) is 0 Å². The van der Waals surface area contributed by atoms with Crippen LogP contribution in [0.5, 0.6) is 5.75 Å². The van der Waals surface area contributed by atoms with Gasteiger partial charge in [0.2, 0.25) is 0 Å². The van der Waals surface area contributed by atoms with Gasteiger partial charge in [0, 0.05) is 12.1 Å². The predicted octanol–water partition coefficient (Wildman–Crippen LogP) is 2.42. The monoisotopic (exact) mass is 466 g/mol. The number of hydrogen-bond acceptors (Lipinski definition) is 5. The van der Waals surface area contributed by atoms with Gasteiger partial charge in [0.15, 0.2) is 0 Å². The molecule has 7 heteroatoms. The second-order valence-electron chi connectivity index (χ2n) is 7.32. The van der Waals surface area contributed by atoms with E-state index < -0.39 is 10.2 Å². The standard InChI is InChI=1S/C26H23O2.ClHO4/c1-18-9-15-24-23(17-18)19(2)26(21-7-5-4-6-8-21)25(28-24)16-12-20-10-13-22(27-3)14-11-20;2-1(3,4)5/h4-17H,1-3H3;(H,2,3,4,5)/q+1;/p-1. The summed E-state index contributed by atoms with van der Waals surface area (Å²) in [4.78, 5) is 0. The van der Waals surface area contributed by atoms with E-state index in [4.69, 9.17) is 27.8 Å². The minimum Gasteiger partial charge on any atom is -0.497 e. The number of aryl methyl sites for hydroxylation is 2. The first-order valence-corrected chi connectivity index (χ1v) is 11.3. The van der Waals surface area contributed by atoms with Crippen molar-refractivity contribution in [3.63, 3.8) is 0 Å². The Morgan fingerprint density at radius 1 is 0.818 bits per heavy atom. The van der Waals surface area contributed by atoms with Gasteiger partial charge in [0.25, 0.3) is 0 Å². The van der Waals surface area contributed by atoms with E-state index in [-0.39, 0.29) is 0 Å². The third-order valence-corrected chi connectivity index (χ3v) is 4.99. The summed E-state index contributed by atoms with van der Waals surface area (Å²) in [5.41, 5.74) is 6.73. The van der Waals surface area contributed by atoms with Crippen molar-refractivity contribution in [2.75, 3.05) is 7.11 Å². The van der Waals surface area contributed by atoms with Crippen molar-refractivity contribution in [3.8, 4) is 16.9 Å². The van der Waals surface area contributed by atoms with Crippen molar-refractivity contribution in [1.82, 2.24) is 0 Å². The number of fused-ring (bicyclic) bond motifs is 1. The average molecular weight is 467 g/mol. The third-order valence-electron chi connectivity index (χ3n) is 4.99. The maximum Gasteiger partial charge on any atom is 0.361 e. The fraction of sp³-hybridized carbons (Fsp3) is 0.115. The molecule has 0 aliphatic carbocycles. The zero-order valence-electron chi connectivity index (χ0n) is 18.4. The van der Waals surface area contributed by atoms with Crippen LogP contribution in [0.4, 0.5) is 0 Å². The van der Waals surface area contributed by atoms with Crippen LogP contribution in [0.1, 0.15) is 22.5 Å². The van der Waals surface area contributed by atoms with Crippen molar-refractivity contribution in [3.05, 3.63) is 95.2 Å². The third kappa shape index (κ3) is 6.86. The van der Waals surface area contributed by atoms with Gasteiger partial charge in [-0.1, -0.05) is 42.5 Å². The minimum atomic E-state index is -4.94. The molecule has 6 nitrogen and oxygen atoms in total. The summed E-state index contributed by atoms with van der Waals surface area (Å²) >= 11 is 0. The highest BCUT2D eigenvalue weighted by Crippen LogP contribution is 2.35. The first kappa shape index (κ1) is 24.4. The molecule has 0 saturated carbocycles. The quantitative estimate of drug-likeness (QED) is 0.427. The Kier molecular flexibility index (Phi) is 7.81. The highest BCUT2D eigenvalue weighted by atomic mass is 35.7. The Hall–Kier alpha value is -3.26. The number of rotatable bonds is 4. The summed E-state index contributed by atoms with van der Waals surface area (Å²) < 4.78 is 45.6. The van der Waals surface area contributed by atoms with Gasteiger partial charge in [-0.2, -0.15) is 0 Å². The van der Waals surface area contributed by atoms with Gasteiger partial charge in [0.05, 0.1) is 18.1 Å². The normalized spacial score (nSPS) is 11.4. The van der Waals surface area contributed by atoms with E-state index in [1.54, 1.807) is 7.11 Å². The fourth-order valence-corrected chi connectivity index (χ4v) is 3.48. The molecule has 0 unspecified atom stereocenters. The number of methoxy groups -OCH3 is 1. The van der Waals surface area contributed by atoms with Crippen molar-refractivity contribution in [1.29, 1.82) is 0 Å². The van der Waals surface area contributed by atoms with Crippen molar-refractivity contribution >= 4 is 23.1 Å². The molecule has 0 aliphatic rings. The van der Waals surface area contributed by atoms with Crippen LogP contribution in [-0.4, -0.2) is 7.11 Å². The van der Waals surface area contributed by atoms with E-state index >= 15 is 0 Å². The molecule has 0 fully saturated rings. The maximum atomic E-state index is 8.49. The first-order valence-electron chi connectivity index (χ1n) is 10.0. The van der Waals surface area contributed by atoms with Crippen LogP contribution in [0, 0.1) is 24.1 Å². The summed E-state index contributed by atoms with van der Waals surface area (Å²) in [6.07, 6.45) is 4.13. The van der Waals surface area contributed by atoms with Gasteiger partial charge in [-0.15, -0.1) is 10.2 Å². The topological polar surface area (TPSA) is 113 Å². The van der Waals surface area contributed by atoms with Gasteiger partial charge in [-0.05, 0) is 66.4 Å². The van der Waals surface area contributed by atoms with E-state index in [1.807, 2.05) is 30.3 Å². The number of halogens is 1. The Balaban J connectivity index is 0.000000555. The molecule has 33 heavy (non-hydrogen) atoms. The van der Waals surface area contributed by atoms with E-state index in [2.05, 4.69) is 68.5 Å². The van der Waals surface area contributed by atoms with Crippen molar-refractivity contribution < 1.29 is 38.0 Å². The second kappa shape index (κ2) is 10.6. The molecule has 0 atom stereocenters. The lowest BCUT2D eigenvalue weighted by Crippen LogP contribution is -2.68. The van der Waals surface area contributed by atoms with Crippen LogP contribution >= 0.6 is 0 Å². The lowest BCUT2D eigenvalue weighted by Gasteiger charge is -2.17. The van der Waals surface area contributed by atoms with Gasteiger partial charge in [-0.25, -0.2) is 23.1 Å². The summed E-state index contributed by atoms with van der Waals surface area (Å²) in [7, 11) is -3.27. The molecular weight excluding hydrogens is 444 g/mol. The molecule has 0 spiro atoms. The zero-order valence-corrected chi connectivity index (χ0v) is 19.2. The highest BCUT2D eigenvalue weighted by Gasteiger charge is 2.22. The van der Waals surface area contributed by atoms with Gasteiger partial charge < -0.3 is 4.74 Å². The van der Waals surface area contributed by atoms with Crippen molar-refractivity contribution in [2.24, 2.45) is 0 Å². The second-order valence-corrected chi connectivity index (χ2v) is 8.07. The van der Waals surface area contributed by atoms with Crippen LogP contribution < -0.4 is 23.4 Å². The Labute approximate surface area is 194 Å². The van der Waals surface area contributed by atoms with E-state index in [1.165, 1.54) is 11.1 Å². The van der Waals surface area contributed by atoms with Gasteiger partial charge in [0.1, 0.15) is 5.75 Å². The van der Waals surface area contributed by atoms with Gasteiger partial charge >= 0.3 is 11.3 Å². The number of hydrogen-bond donors (Lipinski definition) is 0. The van der Waals surface area contributed by atoms with E-state index in [0.29, 0.717) is 0 Å². The molecule has 0 aliphatic heterocycles. The first-order chi connectivity index (χ1) is 15.7. The highest BCUT2D eigenvalue weighted by molar-refractivity contribution is 5.91. The fourth-order valence-electron chi connectivity index (χ4n) is 3.48. The number of benzene rings is 3. The molecule has 4 rings (SSSR count). The molecule has 3 aromatic carbocycles. The number of ether oxygens (including phenoxy) is 1. The molecule has 1 heterocycles. The largest absolute Gasteiger partial charge is 0.497 e. The summed E-state index contributed by atoms with van der Waals surface area (Å²) in [6, 6.07) is 24.7. The van der Waals surface area contributed by atoms with Crippen LogP contribution in [0.3, 0.4) is 0 Å². The Morgan fingerprint density at radius 3 is 2.06 bits per heavy atom. The SMILES string of the molecule is COc1ccc(C=Cc2[o+]c3ccc(C)cc3c(C)c2-c2ccccc2)cc1.[O-][Cl+3]([O-])([O-])[O-]. The van der Waals surface area contributed by atoms with E-state index in [0.717, 1.165) is 39.2 Å². The zero-order chi connectivity index (χ0) is 24.0. The molecule has 0 radical (unpaired) electrons. The van der Waals surface area contributed by atoms with Crippen LogP contribution in [0.15, 0.2) is 77.2 Å². The maximum absolute atomic E-state index is 8.49. The molecule has 0 saturated heterocycles. The van der Waals surface area contributed by atoms with Crippen LogP contribution in [-0.2, 0) is 0 Å². The van der Waals surface area contributed by atoms with Crippen molar-refractivity contribution in [2.45, 2.75) is 13.8 Å². The Morgan fingerprint density at radius 2 is 1.45 bits per heavy atom. The average Bonchev–Trinajstić information content (AvgIpc) is 2.78. The minimum absolute atomic E-state index is 0.851. The molecule has 4 aromatic rings. The predicted molar refractivity (Wildman–Crippen MR) is 117 cm³/mol. The molecule has 0 amide bonds. The molecule has 170 valence electrons. The molecule has 1 aromatic heterocycles. The lowest BCUT2D eigenvalue weighted by molar-refractivity contribution is -2.00. The molecular formula is C26H23ClO6. The Bertz CT molecular complexity index is 1240. The smallest absolute Gasteiger partial charge is 0.361 e. The summed E-state index contributed by atoms with van der Waals surface area (Å²) in [6.45, 7) is 4.28. The molecule has 0 N–H and O–H groups in total. The lowest BCUT2D eigenvalue weighted by atomic mass is 9.95. The summed E-state index contributed by atoms with van der Waals surface area (Å²) in [5, 5.41) is 1.15. The summed E-state index contributed by atoms with van der Waals surface area (Å²) in [5.74, 6) is 1.71. The van der Waals surface area contributed by atoms with Crippen LogP contribution in [0.2, 0.25) is 0 Å².